The number of piperazine rings is 1. The molecule has 1 amide bonds. The Hall–Kier alpha value is -3.22. The van der Waals surface area contributed by atoms with Crippen LogP contribution in [0.2, 0.25) is 5.02 Å². The average Bonchev–Trinajstić information content (AvgIpc) is 3.34. The predicted molar refractivity (Wildman–Crippen MR) is 153 cm³/mol. The van der Waals surface area contributed by atoms with E-state index in [1.165, 1.54) is 21.1 Å². The normalized spacial score (nSPS) is 14.5. The molecule has 0 saturated carbocycles. The summed E-state index contributed by atoms with van der Waals surface area (Å²) in [6.07, 6.45) is 0. The van der Waals surface area contributed by atoms with E-state index < -0.39 is 10.0 Å². The fourth-order valence-corrected chi connectivity index (χ4v) is 5.97. The molecule has 2 aromatic carbocycles. The van der Waals surface area contributed by atoms with Gasteiger partial charge < -0.3 is 15.2 Å². The third kappa shape index (κ3) is 6.18. The highest BCUT2D eigenvalue weighted by atomic mass is 35.5. The van der Waals surface area contributed by atoms with E-state index in [0.717, 1.165) is 11.1 Å². The van der Waals surface area contributed by atoms with Gasteiger partial charge in [0.2, 0.25) is 5.91 Å². The number of rotatable bonds is 8. The van der Waals surface area contributed by atoms with Gasteiger partial charge in [0.1, 0.15) is 5.03 Å². The van der Waals surface area contributed by atoms with E-state index in [-0.39, 0.29) is 48.5 Å². The number of aromatic nitrogens is 3. The lowest BCUT2D eigenvalue weighted by molar-refractivity contribution is -0.134. The van der Waals surface area contributed by atoms with Crippen LogP contribution in [-0.2, 0) is 27.9 Å². The molecule has 13 heteroatoms. The Kier molecular flexibility index (Phi) is 8.77. The number of carbonyl (C=O) groups is 1. The summed E-state index contributed by atoms with van der Waals surface area (Å²) in [6, 6.07) is 17.5. The zero-order valence-corrected chi connectivity index (χ0v) is 23.5. The molecule has 2 aromatic heterocycles. The van der Waals surface area contributed by atoms with E-state index >= 15 is 0 Å². The van der Waals surface area contributed by atoms with Crippen LogP contribution >= 0.6 is 24.0 Å². The quantitative estimate of drug-likeness (QED) is 0.325. The Morgan fingerprint density at radius 1 is 1.03 bits per heavy atom. The highest BCUT2D eigenvalue weighted by molar-refractivity contribution is 7.89. The Balaban J connectivity index is 0.00000353. The lowest BCUT2D eigenvalue weighted by Gasteiger charge is -2.33. The molecule has 206 valence electrons. The SMILES string of the molecule is CNCCn1nc(-c2ccc(CN3CCN(S(=O)(=O)c4cc5cc(Cl)ccc5[nH]4)CC3=O)cc2)ccc1=O.Cl. The summed E-state index contributed by atoms with van der Waals surface area (Å²) in [7, 11) is -2.05. The Bertz CT molecular complexity index is 1650. The van der Waals surface area contributed by atoms with E-state index in [1.807, 2.05) is 31.3 Å². The summed E-state index contributed by atoms with van der Waals surface area (Å²) in [5.41, 5.74) is 2.95. The van der Waals surface area contributed by atoms with Crippen LogP contribution in [0.25, 0.3) is 22.2 Å². The lowest BCUT2D eigenvalue weighted by Crippen LogP contribution is -2.51. The third-order valence-corrected chi connectivity index (χ3v) is 8.53. The van der Waals surface area contributed by atoms with Gasteiger partial charge in [0.05, 0.1) is 18.8 Å². The van der Waals surface area contributed by atoms with Crippen LogP contribution in [0.15, 0.2) is 70.5 Å². The van der Waals surface area contributed by atoms with Crippen molar-refractivity contribution in [1.82, 2.24) is 29.3 Å². The molecule has 0 radical (unpaired) electrons. The van der Waals surface area contributed by atoms with Crippen LogP contribution < -0.4 is 10.9 Å². The van der Waals surface area contributed by atoms with Gasteiger partial charge in [-0.3, -0.25) is 9.59 Å². The van der Waals surface area contributed by atoms with E-state index in [2.05, 4.69) is 15.4 Å². The summed E-state index contributed by atoms with van der Waals surface area (Å²) in [4.78, 5) is 29.5. The number of halogens is 2. The molecule has 0 aliphatic carbocycles. The van der Waals surface area contributed by atoms with E-state index in [4.69, 9.17) is 11.6 Å². The number of likely N-dealkylation sites (N-methyl/N-ethyl adjacent to an activating group) is 1. The second kappa shape index (κ2) is 11.9. The monoisotopic (exact) mass is 590 g/mol. The maximum Gasteiger partial charge on any atom is 0.266 e. The van der Waals surface area contributed by atoms with Gasteiger partial charge in [0.15, 0.2) is 0 Å². The van der Waals surface area contributed by atoms with Gasteiger partial charge in [-0.15, -0.1) is 12.4 Å². The summed E-state index contributed by atoms with van der Waals surface area (Å²) in [5, 5.41) is 8.69. The van der Waals surface area contributed by atoms with Gasteiger partial charge in [-0.1, -0.05) is 35.9 Å². The Morgan fingerprint density at radius 2 is 1.79 bits per heavy atom. The van der Waals surface area contributed by atoms with Crippen LogP contribution in [0, 0.1) is 0 Å². The van der Waals surface area contributed by atoms with Crippen LogP contribution in [0.5, 0.6) is 0 Å². The fraction of sp³-hybridized carbons (Fsp3) is 0.269. The number of benzene rings is 2. The molecule has 10 nitrogen and oxygen atoms in total. The highest BCUT2D eigenvalue weighted by Gasteiger charge is 2.33. The minimum absolute atomic E-state index is 0. The first kappa shape index (κ1) is 28.8. The highest BCUT2D eigenvalue weighted by Crippen LogP contribution is 2.25. The number of nitrogens with zero attached hydrogens (tertiary/aromatic N) is 4. The van der Waals surface area contributed by atoms with Crippen LogP contribution in [0.4, 0.5) is 0 Å². The molecule has 39 heavy (non-hydrogen) atoms. The molecule has 4 aromatic rings. The van der Waals surface area contributed by atoms with Crippen molar-refractivity contribution in [3.05, 3.63) is 81.6 Å². The standard InChI is InChI=1S/C26H27ClN6O4S.ClH/c1-28-10-11-33-25(34)9-8-23(30-33)19-4-2-18(3-5-19)16-31-12-13-32(17-26(31)35)38(36,37)24-15-20-14-21(27)6-7-22(20)29-24;/h2-9,14-15,28-29H,10-13,16-17H2,1H3;1H. The second-order valence-electron chi connectivity index (χ2n) is 9.10. The Labute approximate surface area is 237 Å². The zero-order valence-electron chi connectivity index (χ0n) is 21.1. The zero-order chi connectivity index (χ0) is 26.9. The number of amides is 1. The van der Waals surface area contributed by atoms with Crippen LogP contribution in [-0.4, -0.2) is 71.5 Å². The van der Waals surface area contributed by atoms with Crippen molar-refractivity contribution in [2.45, 2.75) is 18.1 Å². The number of nitrogens with one attached hydrogen (secondary N) is 2. The van der Waals surface area contributed by atoms with Crippen molar-refractivity contribution < 1.29 is 13.2 Å². The molecule has 0 atom stereocenters. The van der Waals surface area contributed by atoms with Gasteiger partial charge in [0.25, 0.3) is 15.6 Å². The fourth-order valence-electron chi connectivity index (χ4n) is 4.40. The van der Waals surface area contributed by atoms with Crippen molar-refractivity contribution in [2.75, 3.05) is 33.2 Å². The van der Waals surface area contributed by atoms with Crippen molar-refractivity contribution in [3.63, 3.8) is 0 Å². The number of aromatic amines is 1. The molecule has 2 N–H and O–H groups in total. The molecule has 0 bridgehead atoms. The summed E-state index contributed by atoms with van der Waals surface area (Å²) in [5.74, 6) is -0.263. The van der Waals surface area contributed by atoms with Crippen molar-refractivity contribution in [1.29, 1.82) is 0 Å². The maximum atomic E-state index is 13.2. The molecular weight excluding hydrogens is 563 g/mol. The van der Waals surface area contributed by atoms with Crippen molar-refractivity contribution >= 4 is 50.8 Å². The van der Waals surface area contributed by atoms with E-state index in [9.17, 15) is 18.0 Å². The molecule has 5 rings (SSSR count). The number of carbonyl (C=O) groups excluding carboxylic acids is 1. The summed E-state index contributed by atoms with van der Waals surface area (Å²) >= 11 is 6.02. The van der Waals surface area contributed by atoms with E-state index in [0.29, 0.717) is 41.3 Å². The predicted octanol–water partition coefficient (Wildman–Crippen LogP) is 2.72. The van der Waals surface area contributed by atoms with Gasteiger partial charge in [-0.05, 0) is 42.9 Å². The number of hydrogen-bond acceptors (Lipinski definition) is 6. The lowest BCUT2D eigenvalue weighted by atomic mass is 10.1. The van der Waals surface area contributed by atoms with Gasteiger partial charge >= 0.3 is 0 Å². The first-order chi connectivity index (χ1) is 18.2. The molecular formula is C26H28Cl2N6O4S. The van der Waals surface area contributed by atoms with Crippen LogP contribution in [0.1, 0.15) is 5.56 Å². The van der Waals surface area contributed by atoms with Gasteiger partial charge in [0, 0.05) is 53.7 Å². The number of sulfonamides is 1. The first-order valence-corrected chi connectivity index (χ1v) is 13.9. The summed E-state index contributed by atoms with van der Waals surface area (Å²) < 4.78 is 29.0. The van der Waals surface area contributed by atoms with Crippen molar-refractivity contribution in [2.24, 2.45) is 0 Å². The number of hydrogen-bond donors (Lipinski definition) is 2. The number of H-pyrrole nitrogens is 1. The molecule has 1 aliphatic rings. The minimum atomic E-state index is -3.86. The minimum Gasteiger partial charge on any atom is -0.345 e. The number of fused-ring (bicyclic) bond motifs is 1. The van der Waals surface area contributed by atoms with E-state index in [1.54, 1.807) is 29.2 Å². The maximum absolute atomic E-state index is 13.2. The summed E-state index contributed by atoms with van der Waals surface area (Å²) in [6.45, 7) is 1.72. The molecule has 1 saturated heterocycles. The largest absolute Gasteiger partial charge is 0.345 e. The smallest absolute Gasteiger partial charge is 0.266 e. The molecule has 0 unspecified atom stereocenters. The van der Waals surface area contributed by atoms with Crippen molar-refractivity contribution in [3.8, 4) is 11.3 Å². The molecule has 3 heterocycles. The topological polar surface area (TPSA) is 120 Å². The first-order valence-electron chi connectivity index (χ1n) is 12.1. The molecule has 1 fully saturated rings. The second-order valence-corrected chi connectivity index (χ2v) is 11.4. The molecule has 1 aliphatic heterocycles. The molecule has 0 spiro atoms. The third-order valence-electron chi connectivity index (χ3n) is 6.52. The van der Waals surface area contributed by atoms with Crippen LogP contribution in [0.3, 0.4) is 0 Å². The van der Waals surface area contributed by atoms with Gasteiger partial charge in [-0.2, -0.15) is 9.40 Å². The Morgan fingerprint density at radius 3 is 2.51 bits per heavy atom. The van der Waals surface area contributed by atoms with Gasteiger partial charge in [-0.25, -0.2) is 13.1 Å². The average molecular weight is 592 g/mol.